The Morgan fingerprint density at radius 1 is 1.40 bits per heavy atom. The first-order valence-corrected chi connectivity index (χ1v) is 3.98. The summed E-state index contributed by atoms with van der Waals surface area (Å²) in [6, 6.07) is 1.84. The van der Waals surface area contributed by atoms with Gasteiger partial charge in [-0.3, -0.25) is 0 Å². The van der Waals surface area contributed by atoms with Gasteiger partial charge >= 0.3 is 5.97 Å². The third-order valence-corrected chi connectivity index (χ3v) is 1.58. The number of esters is 1. The summed E-state index contributed by atoms with van der Waals surface area (Å²) >= 11 is 0. The highest BCUT2D eigenvalue weighted by Gasteiger charge is 2.16. The third-order valence-electron chi connectivity index (χ3n) is 1.58. The van der Waals surface area contributed by atoms with E-state index in [4.69, 9.17) is 5.11 Å². The molecule has 1 N–H and O–H groups in total. The molecule has 1 aromatic rings. The highest BCUT2D eigenvalue weighted by molar-refractivity contribution is 5.88. The highest BCUT2D eigenvalue weighted by Crippen LogP contribution is 2.26. The summed E-state index contributed by atoms with van der Waals surface area (Å²) in [5, 5.41) is 8.79. The number of carbonyl (C=O) groups is 1. The van der Waals surface area contributed by atoms with Crippen LogP contribution in [0.25, 0.3) is 0 Å². The van der Waals surface area contributed by atoms with Gasteiger partial charge in [-0.05, 0) is 19.1 Å². The minimum atomic E-state index is -1.46. The maximum atomic E-state index is 13.0. The average molecular weight is 214 g/mol. The number of ether oxygens (including phenoxy) is 1. The number of phenolic OH excluding ortho intramolecular Hbond substituents is 1. The lowest BCUT2D eigenvalue weighted by Crippen LogP contribution is -2.09. The van der Waals surface area contributed by atoms with Crippen molar-refractivity contribution in [2.24, 2.45) is 0 Å². The number of carbonyl (C=O) groups excluding carboxylic acids is 1. The van der Waals surface area contributed by atoms with Gasteiger partial charge in [0.2, 0.25) is 11.6 Å². The Morgan fingerprint density at radius 2 is 2.00 bits per heavy atom. The van der Waals surface area contributed by atoms with Crippen molar-refractivity contribution in [3.8, 4) is 11.5 Å². The van der Waals surface area contributed by atoms with Crippen LogP contribution in [0.3, 0.4) is 0 Å². The summed E-state index contributed by atoms with van der Waals surface area (Å²) in [6.07, 6.45) is 0. The van der Waals surface area contributed by atoms with Gasteiger partial charge in [0.15, 0.2) is 11.5 Å². The predicted octanol–water partition coefficient (Wildman–Crippen LogP) is 2.15. The molecule has 1 rings (SSSR count). The monoisotopic (exact) mass is 214 g/mol. The summed E-state index contributed by atoms with van der Waals surface area (Å²) in [4.78, 5) is 11.0. The van der Waals surface area contributed by atoms with Gasteiger partial charge in [-0.25, -0.2) is 4.79 Å². The second-order valence-corrected chi connectivity index (χ2v) is 2.88. The molecule has 0 atom stereocenters. The molecule has 5 heteroatoms. The topological polar surface area (TPSA) is 46.5 Å². The number of rotatable bonds is 2. The van der Waals surface area contributed by atoms with Crippen LogP contribution in [0.1, 0.15) is 6.92 Å². The van der Waals surface area contributed by atoms with Gasteiger partial charge < -0.3 is 9.84 Å². The fourth-order valence-corrected chi connectivity index (χ4v) is 0.787. The van der Waals surface area contributed by atoms with Crippen molar-refractivity contribution in [1.29, 1.82) is 0 Å². The Kier molecular flexibility index (Phi) is 3.04. The molecular formula is C10H8F2O3. The van der Waals surface area contributed by atoms with Crippen molar-refractivity contribution in [1.82, 2.24) is 0 Å². The molecule has 0 fully saturated rings. The minimum Gasteiger partial charge on any atom is -0.505 e. The maximum absolute atomic E-state index is 13.0. The summed E-state index contributed by atoms with van der Waals surface area (Å²) in [5.74, 6) is -5.16. The van der Waals surface area contributed by atoms with Gasteiger partial charge in [0.25, 0.3) is 0 Å². The zero-order valence-electron chi connectivity index (χ0n) is 7.88. The lowest BCUT2D eigenvalue weighted by molar-refractivity contribution is -0.130. The first-order valence-electron chi connectivity index (χ1n) is 3.98. The lowest BCUT2D eigenvalue weighted by atomic mass is 10.3. The van der Waals surface area contributed by atoms with Gasteiger partial charge in [-0.1, -0.05) is 6.58 Å². The summed E-state index contributed by atoms with van der Waals surface area (Å²) in [7, 11) is 0. The van der Waals surface area contributed by atoms with Crippen molar-refractivity contribution >= 4 is 5.97 Å². The quantitative estimate of drug-likeness (QED) is 0.466. The van der Waals surface area contributed by atoms with Gasteiger partial charge in [-0.15, -0.1) is 0 Å². The number of halogens is 2. The molecule has 80 valence electrons. The van der Waals surface area contributed by atoms with Crippen LogP contribution in [-0.2, 0) is 4.79 Å². The van der Waals surface area contributed by atoms with E-state index in [0.29, 0.717) is 0 Å². The van der Waals surface area contributed by atoms with Crippen molar-refractivity contribution in [3.63, 3.8) is 0 Å². The van der Waals surface area contributed by atoms with Gasteiger partial charge in [0, 0.05) is 5.57 Å². The van der Waals surface area contributed by atoms with E-state index < -0.39 is 29.1 Å². The van der Waals surface area contributed by atoms with E-state index in [0.717, 1.165) is 12.1 Å². The zero-order valence-corrected chi connectivity index (χ0v) is 7.88. The molecule has 0 aromatic heterocycles. The Hall–Kier alpha value is -1.91. The molecule has 0 heterocycles. The molecule has 15 heavy (non-hydrogen) atoms. The normalized spacial score (nSPS) is 9.80. The third kappa shape index (κ3) is 2.31. The molecule has 0 aliphatic rings. The van der Waals surface area contributed by atoms with Crippen molar-refractivity contribution < 1.29 is 23.4 Å². The fraction of sp³-hybridized carbons (Fsp3) is 0.100. The Morgan fingerprint density at radius 3 is 2.53 bits per heavy atom. The molecule has 0 saturated heterocycles. The molecular weight excluding hydrogens is 206 g/mol. The molecule has 0 spiro atoms. The molecule has 0 amide bonds. The van der Waals surface area contributed by atoms with Crippen molar-refractivity contribution in [2.75, 3.05) is 0 Å². The Balaban J connectivity index is 3.02. The second kappa shape index (κ2) is 4.08. The van der Waals surface area contributed by atoms with E-state index in [1.54, 1.807) is 0 Å². The van der Waals surface area contributed by atoms with Crippen LogP contribution >= 0.6 is 0 Å². The predicted molar refractivity (Wildman–Crippen MR) is 48.5 cm³/mol. The summed E-state index contributed by atoms with van der Waals surface area (Å²) < 4.78 is 30.3. The molecule has 3 nitrogen and oxygen atoms in total. The second-order valence-electron chi connectivity index (χ2n) is 2.88. The smallest absolute Gasteiger partial charge is 0.338 e. The van der Waals surface area contributed by atoms with Crippen LogP contribution in [0.5, 0.6) is 11.5 Å². The van der Waals surface area contributed by atoms with Crippen molar-refractivity contribution in [3.05, 3.63) is 35.9 Å². The van der Waals surface area contributed by atoms with Gasteiger partial charge in [-0.2, -0.15) is 8.78 Å². The number of hydrogen-bond donors (Lipinski definition) is 1. The van der Waals surface area contributed by atoms with Gasteiger partial charge in [0.1, 0.15) is 0 Å². The van der Waals surface area contributed by atoms with E-state index in [9.17, 15) is 13.6 Å². The van der Waals surface area contributed by atoms with Crippen LogP contribution in [0.15, 0.2) is 24.3 Å². The van der Waals surface area contributed by atoms with E-state index in [-0.39, 0.29) is 5.57 Å². The maximum Gasteiger partial charge on any atom is 0.338 e. The first-order chi connectivity index (χ1) is 6.93. The number of hydrogen-bond acceptors (Lipinski definition) is 3. The average Bonchev–Trinajstić information content (AvgIpc) is 2.18. The van der Waals surface area contributed by atoms with E-state index >= 15 is 0 Å². The molecule has 0 saturated carbocycles. The standard InChI is InChI=1S/C10H8F2O3/c1-5(2)10(14)15-7-4-3-6(13)8(11)9(7)12/h3-4,13H,1H2,2H3. The molecule has 0 aliphatic heterocycles. The van der Waals surface area contributed by atoms with Gasteiger partial charge in [0.05, 0.1) is 0 Å². The molecule has 0 aliphatic carbocycles. The van der Waals surface area contributed by atoms with E-state index in [1.165, 1.54) is 6.92 Å². The SMILES string of the molecule is C=C(C)C(=O)Oc1ccc(O)c(F)c1F. The Bertz CT molecular complexity index is 427. The van der Waals surface area contributed by atoms with Crippen LogP contribution < -0.4 is 4.74 Å². The highest BCUT2D eigenvalue weighted by atomic mass is 19.2. The fourth-order valence-electron chi connectivity index (χ4n) is 0.787. The number of benzene rings is 1. The molecule has 0 bridgehead atoms. The van der Waals surface area contributed by atoms with Crippen LogP contribution in [0, 0.1) is 11.6 Å². The Labute approximate surface area is 84.6 Å². The van der Waals surface area contributed by atoms with Crippen LogP contribution in [0.4, 0.5) is 8.78 Å². The minimum absolute atomic E-state index is 0.0582. The molecule has 1 aromatic carbocycles. The number of aromatic hydroxyl groups is 1. The van der Waals surface area contributed by atoms with E-state index in [2.05, 4.69) is 11.3 Å². The van der Waals surface area contributed by atoms with Crippen molar-refractivity contribution in [2.45, 2.75) is 6.92 Å². The molecule has 0 radical (unpaired) electrons. The molecule has 0 unspecified atom stereocenters. The van der Waals surface area contributed by atoms with Crippen LogP contribution in [0.2, 0.25) is 0 Å². The number of phenols is 1. The largest absolute Gasteiger partial charge is 0.505 e. The first kappa shape index (κ1) is 11.2. The summed E-state index contributed by atoms with van der Waals surface area (Å²) in [5.41, 5.74) is 0.0582. The lowest BCUT2D eigenvalue weighted by Gasteiger charge is -2.05. The van der Waals surface area contributed by atoms with Crippen LogP contribution in [-0.4, -0.2) is 11.1 Å². The summed E-state index contributed by atoms with van der Waals surface area (Å²) in [6.45, 7) is 4.65. The zero-order chi connectivity index (χ0) is 11.6. The van der Waals surface area contributed by atoms with E-state index in [1.807, 2.05) is 0 Å².